The molecule has 0 radical (unpaired) electrons. The number of anilines is 2. The predicted octanol–water partition coefficient (Wildman–Crippen LogP) is 0.354. The van der Waals surface area contributed by atoms with Gasteiger partial charge in [0.1, 0.15) is 17.5 Å². The van der Waals surface area contributed by atoms with Gasteiger partial charge in [0.2, 0.25) is 5.91 Å². The number of aromatic nitrogens is 2. The lowest BCUT2D eigenvalue weighted by molar-refractivity contribution is -0.119. The van der Waals surface area contributed by atoms with Gasteiger partial charge in [-0.05, 0) is 19.3 Å². The van der Waals surface area contributed by atoms with E-state index in [4.69, 9.17) is 5.84 Å². The van der Waals surface area contributed by atoms with E-state index < -0.39 is 0 Å². The molecule has 4 N–H and O–H groups in total. The summed E-state index contributed by atoms with van der Waals surface area (Å²) in [5, 5.41) is 2.96. The molecule has 1 unspecified atom stereocenters. The Hall–Kier alpha value is -1.89. The summed E-state index contributed by atoms with van der Waals surface area (Å²) >= 11 is 0. The van der Waals surface area contributed by atoms with Crippen molar-refractivity contribution in [2.24, 2.45) is 5.84 Å². The van der Waals surface area contributed by atoms with Crippen LogP contribution in [0.4, 0.5) is 11.6 Å². The maximum Gasteiger partial charge on any atom is 0.217 e. The van der Waals surface area contributed by atoms with Gasteiger partial charge in [-0.15, -0.1) is 0 Å². The highest BCUT2D eigenvalue weighted by Crippen LogP contribution is 2.39. The second kappa shape index (κ2) is 5.24. The van der Waals surface area contributed by atoms with Crippen LogP contribution in [0.1, 0.15) is 37.9 Å². The first kappa shape index (κ1) is 13.1. The van der Waals surface area contributed by atoms with Gasteiger partial charge in [-0.3, -0.25) is 4.79 Å². The topological polar surface area (TPSA) is 96.2 Å². The number of hydrazine groups is 1. The largest absolute Gasteiger partial charge is 0.354 e. The molecule has 1 aliphatic heterocycles. The molecule has 0 aromatic carbocycles. The van der Waals surface area contributed by atoms with E-state index in [2.05, 4.69) is 25.6 Å². The Labute approximate surface area is 117 Å². The SMILES string of the molecule is CC(=O)NC1CCN(c2cc(NN)nc(C3CC3)n2)C1. The number of rotatable bonds is 4. The van der Waals surface area contributed by atoms with Gasteiger partial charge in [0.15, 0.2) is 0 Å². The van der Waals surface area contributed by atoms with Crippen LogP contribution in [0.5, 0.6) is 0 Å². The van der Waals surface area contributed by atoms with Gasteiger partial charge in [-0.2, -0.15) is 0 Å². The van der Waals surface area contributed by atoms with Gasteiger partial charge >= 0.3 is 0 Å². The number of hydrogen-bond donors (Lipinski definition) is 3. The fourth-order valence-electron chi connectivity index (χ4n) is 2.59. The van der Waals surface area contributed by atoms with E-state index in [9.17, 15) is 4.79 Å². The van der Waals surface area contributed by atoms with E-state index in [1.165, 1.54) is 0 Å². The van der Waals surface area contributed by atoms with Crippen molar-refractivity contribution >= 4 is 17.5 Å². The number of nitrogens with two attached hydrogens (primary N) is 1. The summed E-state index contributed by atoms with van der Waals surface area (Å²) in [7, 11) is 0. The lowest BCUT2D eigenvalue weighted by atomic mass is 10.2. The number of carbonyl (C=O) groups excluding carboxylic acids is 1. The molecule has 7 nitrogen and oxygen atoms in total. The molecule has 1 aromatic heterocycles. The summed E-state index contributed by atoms with van der Waals surface area (Å²) in [5.41, 5.74) is 2.61. The molecule has 7 heteroatoms. The fraction of sp³-hybridized carbons (Fsp3) is 0.615. The Bertz CT molecular complexity index is 516. The first-order valence-corrected chi connectivity index (χ1v) is 7.03. The van der Waals surface area contributed by atoms with Crippen molar-refractivity contribution in [3.8, 4) is 0 Å². The number of nitrogens with zero attached hydrogens (tertiary/aromatic N) is 3. The molecular formula is C13H20N6O. The molecule has 2 aliphatic rings. The number of amides is 1. The van der Waals surface area contributed by atoms with E-state index in [1.807, 2.05) is 6.07 Å². The first-order valence-electron chi connectivity index (χ1n) is 7.03. The van der Waals surface area contributed by atoms with Crippen LogP contribution >= 0.6 is 0 Å². The van der Waals surface area contributed by atoms with Crippen LogP contribution in [0.25, 0.3) is 0 Å². The van der Waals surface area contributed by atoms with Crippen LogP contribution < -0.4 is 21.5 Å². The average Bonchev–Trinajstić information content (AvgIpc) is 3.18. The molecule has 2 fully saturated rings. The monoisotopic (exact) mass is 276 g/mol. The van der Waals surface area contributed by atoms with Crippen LogP contribution in [-0.4, -0.2) is 35.0 Å². The Morgan fingerprint density at radius 3 is 2.85 bits per heavy atom. The van der Waals surface area contributed by atoms with Crippen LogP contribution in [-0.2, 0) is 4.79 Å². The van der Waals surface area contributed by atoms with Gasteiger partial charge in [0.25, 0.3) is 0 Å². The predicted molar refractivity (Wildman–Crippen MR) is 76.3 cm³/mol. The summed E-state index contributed by atoms with van der Waals surface area (Å²) < 4.78 is 0. The molecule has 2 heterocycles. The maximum atomic E-state index is 11.1. The Morgan fingerprint density at radius 1 is 1.40 bits per heavy atom. The molecule has 108 valence electrons. The summed E-state index contributed by atoms with van der Waals surface area (Å²) in [5.74, 6) is 8.40. The number of hydrogen-bond acceptors (Lipinski definition) is 6. The highest BCUT2D eigenvalue weighted by atomic mass is 16.1. The molecule has 1 saturated carbocycles. The molecule has 0 bridgehead atoms. The van der Waals surface area contributed by atoms with E-state index in [0.717, 1.165) is 44.0 Å². The lowest BCUT2D eigenvalue weighted by Crippen LogP contribution is -2.35. The minimum absolute atomic E-state index is 0.0162. The van der Waals surface area contributed by atoms with Gasteiger partial charge in [0, 0.05) is 38.0 Å². The molecule has 0 spiro atoms. The van der Waals surface area contributed by atoms with Crippen molar-refractivity contribution in [3.05, 3.63) is 11.9 Å². The lowest BCUT2D eigenvalue weighted by Gasteiger charge is -2.19. The molecular weight excluding hydrogens is 256 g/mol. The normalized spacial score (nSPS) is 21.9. The summed E-state index contributed by atoms with van der Waals surface area (Å²) in [6, 6.07) is 2.06. The third-order valence-corrected chi connectivity index (χ3v) is 3.74. The van der Waals surface area contributed by atoms with Crippen molar-refractivity contribution in [1.29, 1.82) is 0 Å². The number of carbonyl (C=O) groups is 1. The number of nitrogen functional groups attached to an aromatic ring is 1. The van der Waals surface area contributed by atoms with Crippen molar-refractivity contribution in [1.82, 2.24) is 15.3 Å². The highest BCUT2D eigenvalue weighted by Gasteiger charge is 2.29. The molecule has 1 aliphatic carbocycles. The minimum atomic E-state index is 0.0162. The van der Waals surface area contributed by atoms with Crippen LogP contribution in [0.2, 0.25) is 0 Å². The van der Waals surface area contributed by atoms with E-state index in [0.29, 0.717) is 11.7 Å². The average molecular weight is 276 g/mol. The second-order valence-corrected chi connectivity index (χ2v) is 5.52. The van der Waals surface area contributed by atoms with Crippen LogP contribution in [0.3, 0.4) is 0 Å². The van der Waals surface area contributed by atoms with Crippen molar-refractivity contribution in [3.63, 3.8) is 0 Å². The Morgan fingerprint density at radius 2 is 2.20 bits per heavy atom. The van der Waals surface area contributed by atoms with Gasteiger partial charge in [-0.25, -0.2) is 15.8 Å². The van der Waals surface area contributed by atoms with Crippen molar-refractivity contribution < 1.29 is 4.79 Å². The fourth-order valence-corrected chi connectivity index (χ4v) is 2.59. The van der Waals surface area contributed by atoms with Crippen LogP contribution in [0, 0.1) is 0 Å². The standard InChI is InChI=1S/C13H20N6O/c1-8(20)15-10-4-5-19(7-10)12-6-11(18-14)16-13(17-12)9-2-3-9/h6,9-10H,2-5,7,14H2,1H3,(H,15,20)(H,16,17,18). The quantitative estimate of drug-likeness (QED) is 0.542. The Kier molecular flexibility index (Phi) is 3.43. The maximum absolute atomic E-state index is 11.1. The number of nitrogens with one attached hydrogen (secondary N) is 2. The van der Waals surface area contributed by atoms with Gasteiger partial charge in [0.05, 0.1) is 0 Å². The molecule has 1 atom stereocenters. The smallest absolute Gasteiger partial charge is 0.217 e. The summed E-state index contributed by atoms with van der Waals surface area (Å²) in [6.07, 6.45) is 3.25. The Balaban J connectivity index is 1.76. The third kappa shape index (κ3) is 2.82. The molecule has 1 aromatic rings. The zero-order valence-electron chi connectivity index (χ0n) is 11.6. The van der Waals surface area contributed by atoms with Crippen molar-refractivity contribution in [2.45, 2.75) is 38.1 Å². The van der Waals surface area contributed by atoms with E-state index >= 15 is 0 Å². The van der Waals surface area contributed by atoms with E-state index in [-0.39, 0.29) is 11.9 Å². The molecule has 20 heavy (non-hydrogen) atoms. The van der Waals surface area contributed by atoms with Gasteiger partial charge in [-0.1, -0.05) is 0 Å². The second-order valence-electron chi connectivity index (χ2n) is 5.52. The van der Waals surface area contributed by atoms with Crippen LogP contribution in [0.15, 0.2) is 6.07 Å². The molecule has 1 amide bonds. The highest BCUT2D eigenvalue weighted by molar-refractivity contribution is 5.73. The molecule has 3 rings (SSSR count). The zero-order valence-corrected chi connectivity index (χ0v) is 11.6. The van der Waals surface area contributed by atoms with E-state index in [1.54, 1.807) is 6.92 Å². The minimum Gasteiger partial charge on any atom is -0.354 e. The zero-order chi connectivity index (χ0) is 14.1. The van der Waals surface area contributed by atoms with Gasteiger partial charge < -0.3 is 15.6 Å². The molecule has 1 saturated heterocycles. The summed E-state index contributed by atoms with van der Waals surface area (Å²) in [4.78, 5) is 22.3. The summed E-state index contributed by atoms with van der Waals surface area (Å²) in [6.45, 7) is 3.22. The third-order valence-electron chi connectivity index (χ3n) is 3.74. The van der Waals surface area contributed by atoms with Crippen molar-refractivity contribution in [2.75, 3.05) is 23.4 Å². The first-order chi connectivity index (χ1) is 9.65.